The fourth-order valence-corrected chi connectivity index (χ4v) is 3.34. The highest BCUT2D eigenvalue weighted by molar-refractivity contribution is 7.92. The Hall–Kier alpha value is -1.56. The van der Waals surface area contributed by atoms with Crippen molar-refractivity contribution in [2.45, 2.75) is 46.6 Å². The average molecular weight is 326 g/mol. The number of amides is 1. The lowest BCUT2D eigenvalue weighted by atomic mass is 10.1. The fourth-order valence-electron chi connectivity index (χ4n) is 2.29. The zero-order chi connectivity index (χ0) is 16.9. The van der Waals surface area contributed by atoms with E-state index >= 15 is 0 Å². The van der Waals surface area contributed by atoms with Crippen LogP contribution in [0, 0.1) is 13.8 Å². The smallest absolute Gasteiger partial charge is 0.232 e. The van der Waals surface area contributed by atoms with E-state index in [1.54, 1.807) is 0 Å². The molecule has 124 valence electrons. The van der Waals surface area contributed by atoms with Gasteiger partial charge in [0, 0.05) is 19.0 Å². The van der Waals surface area contributed by atoms with Crippen LogP contribution in [-0.4, -0.2) is 33.2 Å². The molecule has 1 aromatic rings. The lowest BCUT2D eigenvalue weighted by molar-refractivity contribution is -0.121. The molecule has 0 radical (unpaired) electrons. The van der Waals surface area contributed by atoms with Crippen molar-refractivity contribution in [1.29, 1.82) is 0 Å². The third-order valence-corrected chi connectivity index (χ3v) is 4.82. The molecule has 1 atom stereocenters. The summed E-state index contributed by atoms with van der Waals surface area (Å²) in [4.78, 5) is 11.9. The summed E-state index contributed by atoms with van der Waals surface area (Å²) >= 11 is 0. The minimum absolute atomic E-state index is 0.0966. The number of anilines is 1. The number of rotatable bonds is 7. The Labute approximate surface area is 133 Å². The molecule has 22 heavy (non-hydrogen) atoms. The van der Waals surface area contributed by atoms with Gasteiger partial charge in [-0.1, -0.05) is 25.1 Å². The van der Waals surface area contributed by atoms with E-state index < -0.39 is 10.0 Å². The van der Waals surface area contributed by atoms with Gasteiger partial charge in [0.25, 0.3) is 0 Å². The van der Waals surface area contributed by atoms with Crippen molar-refractivity contribution in [3.63, 3.8) is 0 Å². The first kappa shape index (κ1) is 18.5. The van der Waals surface area contributed by atoms with Crippen LogP contribution in [0.5, 0.6) is 0 Å². The molecule has 1 amide bonds. The molecule has 0 aliphatic heterocycles. The highest BCUT2D eigenvalue weighted by Gasteiger charge is 2.22. The lowest BCUT2D eigenvalue weighted by Gasteiger charge is -2.26. The summed E-state index contributed by atoms with van der Waals surface area (Å²) in [5.74, 6) is -0.130. The van der Waals surface area contributed by atoms with Gasteiger partial charge in [-0.2, -0.15) is 0 Å². The molecule has 0 fully saturated rings. The summed E-state index contributed by atoms with van der Waals surface area (Å²) in [6.45, 7) is 7.81. The first-order valence-corrected chi connectivity index (χ1v) is 9.35. The van der Waals surface area contributed by atoms with E-state index in [1.807, 2.05) is 45.9 Å². The zero-order valence-electron chi connectivity index (χ0n) is 14.0. The summed E-state index contributed by atoms with van der Waals surface area (Å²) in [7, 11) is -3.44. The molecule has 0 spiro atoms. The van der Waals surface area contributed by atoms with Gasteiger partial charge in [0.2, 0.25) is 15.9 Å². The van der Waals surface area contributed by atoms with E-state index in [2.05, 4.69) is 5.32 Å². The maximum atomic E-state index is 12.1. The number of benzene rings is 1. The van der Waals surface area contributed by atoms with Crippen LogP contribution in [0.2, 0.25) is 0 Å². The van der Waals surface area contributed by atoms with Gasteiger partial charge in [-0.15, -0.1) is 0 Å². The Bertz CT molecular complexity index is 606. The molecule has 1 rings (SSSR count). The second-order valence-corrected chi connectivity index (χ2v) is 7.61. The molecule has 1 N–H and O–H groups in total. The largest absolute Gasteiger partial charge is 0.354 e. The predicted molar refractivity (Wildman–Crippen MR) is 90.6 cm³/mol. The first-order valence-electron chi connectivity index (χ1n) is 7.50. The molecule has 1 aromatic carbocycles. The molecule has 1 unspecified atom stereocenters. The van der Waals surface area contributed by atoms with E-state index in [9.17, 15) is 13.2 Å². The minimum atomic E-state index is -3.44. The molecule has 0 bridgehead atoms. The van der Waals surface area contributed by atoms with Crippen LogP contribution in [-0.2, 0) is 14.8 Å². The number of carbonyl (C=O) groups is 1. The number of nitrogens with one attached hydrogen (secondary N) is 1. The third kappa shape index (κ3) is 5.02. The van der Waals surface area contributed by atoms with Crippen LogP contribution in [0.1, 0.15) is 37.8 Å². The van der Waals surface area contributed by atoms with Crippen molar-refractivity contribution in [1.82, 2.24) is 5.32 Å². The molecule has 0 heterocycles. The molecular formula is C16H26N2O3S. The summed E-state index contributed by atoms with van der Waals surface area (Å²) in [5.41, 5.74) is 2.43. The second kappa shape index (κ2) is 7.63. The third-order valence-electron chi connectivity index (χ3n) is 3.65. The van der Waals surface area contributed by atoms with E-state index in [4.69, 9.17) is 0 Å². The van der Waals surface area contributed by atoms with Gasteiger partial charge in [-0.05, 0) is 38.3 Å². The molecule has 6 heteroatoms. The Morgan fingerprint density at radius 2 is 1.82 bits per heavy atom. The maximum absolute atomic E-state index is 12.1. The normalized spacial score (nSPS) is 12.8. The zero-order valence-corrected chi connectivity index (χ0v) is 14.8. The van der Waals surface area contributed by atoms with Gasteiger partial charge in [0.05, 0.1) is 11.9 Å². The SMILES string of the molecule is CCC(C)NC(=O)CCN(c1c(C)cccc1C)S(C)(=O)=O. The maximum Gasteiger partial charge on any atom is 0.232 e. The fraction of sp³-hybridized carbons (Fsp3) is 0.562. The van der Waals surface area contributed by atoms with Gasteiger partial charge in [0.1, 0.15) is 0 Å². The second-order valence-electron chi connectivity index (χ2n) is 5.70. The van der Waals surface area contributed by atoms with Crippen LogP contribution in [0.15, 0.2) is 18.2 Å². The van der Waals surface area contributed by atoms with Crippen molar-refractivity contribution >= 4 is 21.6 Å². The summed E-state index contributed by atoms with van der Waals surface area (Å²) in [6.07, 6.45) is 2.16. The molecule has 0 aliphatic rings. The van der Waals surface area contributed by atoms with Crippen molar-refractivity contribution < 1.29 is 13.2 Å². The highest BCUT2D eigenvalue weighted by atomic mass is 32.2. The number of sulfonamides is 1. The Balaban J connectivity index is 2.95. The number of aryl methyl sites for hydroxylation is 2. The van der Waals surface area contributed by atoms with E-state index in [-0.39, 0.29) is 24.9 Å². The number of hydrogen-bond donors (Lipinski definition) is 1. The number of carbonyl (C=O) groups excluding carboxylic acids is 1. The standard InChI is InChI=1S/C16H26N2O3S/c1-6-14(4)17-15(19)10-11-18(22(5,20)21)16-12(2)8-7-9-13(16)3/h7-9,14H,6,10-11H2,1-5H3,(H,17,19). The van der Waals surface area contributed by atoms with Gasteiger partial charge >= 0.3 is 0 Å². The van der Waals surface area contributed by atoms with E-state index in [1.165, 1.54) is 10.6 Å². The van der Waals surface area contributed by atoms with Crippen LogP contribution < -0.4 is 9.62 Å². The lowest BCUT2D eigenvalue weighted by Crippen LogP contribution is -2.37. The molecule has 5 nitrogen and oxygen atoms in total. The predicted octanol–water partition coefficient (Wildman–Crippen LogP) is 2.37. The van der Waals surface area contributed by atoms with Crippen molar-refractivity contribution in [3.8, 4) is 0 Å². The molecule has 0 saturated heterocycles. The van der Waals surface area contributed by atoms with Gasteiger partial charge in [-0.3, -0.25) is 9.10 Å². The monoisotopic (exact) mass is 326 g/mol. The van der Waals surface area contributed by atoms with Crippen LogP contribution in [0.25, 0.3) is 0 Å². The Kier molecular flexibility index (Phi) is 6.41. The highest BCUT2D eigenvalue weighted by Crippen LogP contribution is 2.26. The molecular weight excluding hydrogens is 300 g/mol. The Morgan fingerprint density at radius 1 is 1.27 bits per heavy atom. The molecule has 0 aliphatic carbocycles. The number of nitrogens with zero attached hydrogens (tertiary/aromatic N) is 1. The summed E-state index contributed by atoms with van der Waals surface area (Å²) in [6, 6.07) is 5.74. The number of hydrogen-bond acceptors (Lipinski definition) is 3. The van der Waals surface area contributed by atoms with Crippen LogP contribution in [0.3, 0.4) is 0 Å². The first-order chi connectivity index (χ1) is 10.2. The van der Waals surface area contributed by atoms with Gasteiger partial charge in [0.15, 0.2) is 0 Å². The molecule has 0 aromatic heterocycles. The Morgan fingerprint density at radius 3 is 2.27 bits per heavy atom. The quantitative estimate of drug-likeness (QED) is 0.836. The van der Waals surface area contributed by atoms with Gasteiger partial charge in [-0.25, -0.2) is 8.42 Å². The number of para-hydroxylation sites is 1. The molecule has 0 saturated carbocycles. The summed E-state index contributed by atoms with van der Waals surface area (Å²) < 4.78 is 25.6. The van der Waals surface area contributed by atoms with Crippen molar-refractivity contribution in [3.05, 3.63) is 29.3 Å². The van der Waals surface area contributed by atoms with Crippen molar-refractivity contribution in [2.24, 2.45) is 0 Å². The summed E-state index contributed by atoms with van der Waals surface area (Å²) in [5, 5.41) is 2.86. The van der Waals surface area contributed by atoms with Crippen molar-refractivity contribution in [2.75, 3.05) is 17.1 Å². The van der Waals surface area contributed by atoms with E-state index in [0.29, 0.717) is 5.69 Å². The minimum Gasteiger partial charge on any atom is -0.354 e. The van der Waals surface area contributed by atoms with Crippen LogP contribution in [0.4, 0.5) is 5.69 Å². The average Bonchev–Trinajstić information content (AvgIpc) is 2.40. The van der Waals surface area contributed by atoms with Crippen LogP contribution >= 0.6 is 0 Å². The van der Waals surface area contributed by atoms with Gasteiger partial charge < -0.3 is 5.32 Å². The van der Waals surface area contributed by atoms with E-state index in [0.717, 1.165) is 17.5 Å². The topological polar surface area (TPSA) is 66.5 Å².